The van der Waals surface area contributed by atoms with Crippen molar-refractivity contribution in [2.45, 2.75) is 91.5 Å². The van der Waals surface area contributed by atoms with Crippen molar-refractivity contribution in [2.75, 3.05) is 13.2 Å². The molecule has 3 amide bonds. The van der Waals surface area contributed by atoms with Gasteiger partial charge >= 0.3 is 6.09 Å². The number of carbonyl (C=O) groups excluding carboxylic acids is 3. The molecule has 0 spiro atoms. The van der Waals surface area contributed by atoms with Gasteiger partial charge in [-0.15, -0.1) is 0 Å². The lowest BCUT2D eigenvalue weighted by molar-refractivity contribution is -0.145. The standard InChI is InChI=1S/C25H41N3O5/c1-8-9-12-15-26-22(30)21(19-14-11-10-13-18(19)4)28(17(2)3)23(31)20(16-29)27-24(32)33-25(5,6)7/h10-11,13-14,17,20-21,29H,8-9,12,15-16H2,1-7H3,(H,26,30)(H,27,32). The number of amides is 3. The number of aliphatic hydroxyl groups is 1. The van der Waals surface area contributed by atoms with Gasteiger partial charge in [-0.25, -0.2) is 4.79 Å². The second-order valence-electron chi connectivity index (χ2n) is 9.48. The molecule has 8 heteroatoms. The first-order valence-electron chi connectivity index (χ1n) is 11.7. The third-order valence-electron chi connectivity index (χ3n) is 5.07. The van der Waals surface area contributed by atoms with Crippen molar-refractivity contribution in [1.29, 1.82) is 0 Å². The van der Waals surface area contributed by atoms with Crippen LogP contribution in [-0.2, 0) is 14.3 Å². The second kappa shape index (κ2) is 13.2. The fraction of sp³-hybridized carbons (Fsp3) is 0.640. The van der Waals surface area contributed by atoms with Gasteiger partial charge in [-0.05, 0) is 59.1 Å². The van der Waals surface area contributed by atoms with E-state index in [0.29, 0.717) is 12.1 Å². The number of aliphatic hydroxyl groups excluding tert-OH is 1. The summed E-state index contributed by atoms with van der Waals surface area (Å²) in [5, 5.41) is 15.3. The Balaban J connectivity index is 3.28. The molecule has 0 aliphatic carbocycles. The lowest BCUT2D eigenvalue weighted by atomic mass is 9.97. The van der Waals surface area contributed by atoms with E-state index < -0.39 is 36.3 Å². The molecule has 0 aliphatic rings. The van der Waals surface area contributed by atoms with Gasteiger partial charge in [0.2, 0.25) is 11.8 Å². The van der Waals surface area contributed by atoms with E-state index in [-0.39, 0.29) is 11.9 Å². The summed E-state index contributed by atoms with van der Waals surface area (Å²) in [4.78, 5) is 40.6. The molecule has 0 bridgehead atoms. The first-order chi connectivity index (χ1) is 15.4. The summed E-state index contributed by atoms with van der Waals surface area (Å²) < 4.78 is 5.24. The molecule has 0 fully saturated rings. The summed E-state index contributed by atoms with van der Waals surface area (Å²) in [5.74, 6) is -0.855. The molecule has 0 aromatic heterocycles. The highest BCUT2D eigenvalue weighted by Crippen LogP contribution is 2.27. The zero-order chi connectivity index (χ0) is 25.2. The summed E-state index contributed by atoms with van der Waals surface area (Å²) in [6.07, 6.45) is 2.06. The zero-order valence-corrected chi connectivity index (χ0v) is 21.1. The molecular formula is C25H41N3O5. The maximum absolute atomic E-state index is 13.5. The average molecular weight is 464 g/mol. The van der Waals surface area contributed by atoms with Crippen LogP contribution in [0.4, 0.5) is 4.79 Å². The van der Waals surface area contributed by atoms with Crippen molar-refractivity contribution in [2.24, 2.45) is 0 Å². The lowest BCUT2D eigenvalue weighted by Crippen LogP contribution is -2.56. The Morgan fingerprint density at radius 1 is 1.12 bits per heavy atom. The van der Waals surface area contributed by atoms with Crippen LogP contribution in [0.15, 0.2) is 24.3 Å². The van der Waals surface area contributed by atoms with E-state index >= 15 is 0 Å². The molecule has 2 unspecified atom stereocenters. The molecule has 1 rings (SSSR count). The van der Waals surface area contributed by atoms with Crippen LogP contribution in [0, 0.1) is 6.92 Å². The summed E-state index contributed by atoms with van der Waals surface area (Å²) in [5.41, 5.74) is 0.805. The van der Waals surface area contributed by atoms with Crippen molar-refractivity contribution >= 4 is 17.9 Å². The molecule has 33 heavy (non-hydrogen) atoms. The van der Waals surface area contributed by atoms with Gasteiger partial charge in [-0.3, -0.25) is 9.59 Å². The van der Waals surface area contributed by atoms with Crippen LogP contribution in [0.5, 0.6) is 0 Å². The number of hydrogen-bond acceptors (Lipinski definition) is 5. The van der Waals surface area contributed by atoms with E-state index in [1.807, 2.05) is 31.2 Å². The van der Waals surface area contributed by atoms with Gasteiger partial charge < -0.3 is 25.4 Å². The third kappa shape index (κ3) is 9.04. The van der Waals surface area contributed by atoms with Crippen molar-refractivity contribution in [1.82, 2.24) is 15.5 Å². The van der Waals surface area contributed by atoms with Crippen LogP contribution in [0.1, 0.15) is 78.0 Å². The van der Waals surface area contributed by atoms with Crippen LogP contribution in [0.2, 0.25) is 0 Å². The van der Waals surface area contributed by atoms with Crippen molar-refractivity contribution in [3.8, 4) is 0 Å². The number of hydrogen-bond donors (Lipinski definition) is 3. The first-order valence-corrected chi connectivity index (χ1v) is 11.7. The average Bonchev–Trinajstić information content (AvgIpc) is 2.71. The van der Waals surface area contributed by atoms with Crippen molar-refractivity contribution < 1.29 is 24.2 Å². The summed E-state index contributed by atoms with van der Waals surface area (Å²) in [7, 11) is 0. The highest BCUT2D eigenvalue weighted by Gasteiger charge is 2.38. The Labute approximate surface area is 198 Å². The Kier molecular flexibility index (Phi) is 11.4. The summed E-state index contributed by atoms with van der Waals surface area (Å²) in [6, 6.07) is 4.87. The molecule has 186 valence electrons. The highest BCUT2D eigenvalue weighted by molar-refractivity contribution is 5.92. The molecule has 1 aromatic carbocycles. The number of benzene rings is 1. The quantitative estimate of drug-likeness (QED) is 0.436. The van der Waals surface area contributed by atoms with Gasteiger partial charge in [-0.2, -0.15) is 0 Å². The number of carbonyl (C=O) groups is 3. The molecule has 8 nitrogen and oxygen atoms in total. The molecule has 1 aromatic rings. The fourth-order valence-corrected chi connectivity index (χ4v) is 3.49. The Morgan fingerprint density at radius 2 is 1.76 bits per heavy atom. The molecule has 3 N–H and O–H groups in total. The van der Waals surface area contributed by atoms with Crippen LogP contribution >= 0.6 is 0 Å². The summed E-state index contributed by atoms with van der Waals surface area (Å²) in [6.45, 7) is 12.6. The minimum Gasteiger partial charge on any atom is -0.444 e. The van der Waals surface area contributed by atoms with Crippen molar-refractivity contribution in [3.05, 3.63) is 35.4 Å². The molecule has 0 radical (unpaired) electrons. The van der Waals surface area contributed by atoms with Crippen LogP contribution in [0.25, 0.3) is 0 Å². The number of rotatable bonds is 11. The van der Waals surface area contributed by atoms with E-state index in [9.17, 15) is 19.5 Å². The Hall–Kier alpha value is -2.61. The predicted octanol–water partition coefficient (Wildman–Crippen LogP) is 3.47. The molecule has 0 saturated carbocycles. The monoisotopic (exact) mass is 463 g/mol. The van der Waals surface area contributed by atoms with Gasteiger partial charge in [0.05, 0.1) is 6.61 Å². The van der Waals surface area contributed by atoms with Gasteiger partial charge in [0.1, 0.15) is 17.7 Å². The predicted molar refractivity (Wildman–Crippen MR) is 129 cm³/mol. The van der Waals surface area contributed by atoms with E-state index in [1.165, 1.54) is 4.90 Å². The fourth-order valence-electron chi connectivity index (χ4n) is 3.49. The summed E-state index contributed by atoms with van der Waals surface area (Å²) >= 11 is 0. The van der Waals surface area contributed by atoms with E-state index in [2.05, 4.69) is 17.6 Å². The molecule has 0 aliphatic heterocycles. The van der Waals surface area contributed by atoms with Crippen LogP contribution < -0.4 is 10.6 Å². The first kappa shape index (κ1) is 28.4. The largest absolute Gasteiger partial charge is 0.444 e. The zero-order valence-electron chi connectivity index (χ0n) is 21.1. The Bertz CT molecular complexity index is 788. The van der Waals surface area contributed by atoms with Gasteiger partial charge in [-0.1, -0.05) is 44.0 Å². The SMILES string of the molecule is CCCCCNC(=O)C(c1ccccc1C)N(C(=O)C(CO)NC(=O)OC(C)(C)C)C(C)C. The van der Waals surface area contributed by atoms with E-state index in [0.717, 1.165) is 24.8 Å². The maximum atomic E-state index is 13.5. The highest BCUT2D eigenvalue weighted by atomic mass is 16.6. The van der Waals surface area contributed by atoms with Gasteiger partial charge in [0.15, 0.2) is 0 Å². The normalized spacial score (nSPS) is 13.2. The molecule has 2 atom stereocenters. The van der Waals surface area contributed by atoms with Gasteiger partial charge in [0, 0.05) is 12.6 Å². The topological polar surface area (TPSA) is 108 Å². The van der Waals surface area contributed by atoms with Crippen LogP contribution in [0.3, 0.4) is 0 Å². The molecule has 0 heterocycles. The van der Waals surface area contributed by atoms with Crippen LogP contribution in [-0.4, -0.2) is 58.8 Å². The van der Waals surface area contributed by atoms with Gasteiger partial charge in [0.25, 0.3) is 0 Å². The minimum atomic E-state index is -1.25. The number of aryl methyl sites for hydroxylation is 1. The molecule has 0 saturated heterocycles. The maximum Gasteiger partial charge on any atom is 0.408 e. The smallest absolute Gasteiger partial charge is 0.408 e. The number of ether oxygens (including phenoxy) is 1. The number of nitrogens with zero attached hydrogens (tertiary/aromatic N) is 1. The van der Waals surface area contributed by atoms with E-state index in [4.69, 9.17) is 4.74 Å². The number of nitrogens with one attached hydrogen (secondary N) is 2. The lowest BCUT2D eigenvalue weighted by Gasteiger charge is -2.37. The second-order valence-corrected chi connectivity index (χ2v) is 9.48. The Morgan fingerprint density at radius 3 is 2.27 bits per heavy atom. The molecular weight excluding hydrogens is 422 g/mol. The number of alkyl carbamates (subject to hydrolysis) is 1. The van der Waals surface area contributed by atoms with E-state index in [1.54, 1.807) is 34.6 Å². The third-order valence-corrected chi connectivity index (χ3v) is 5.07. The number of unbranched alkanes of at least 4 members (excludes halogenated alkanes) is 2. The minimum absolute atomic E-state index is 0.295. The van der Waals surface area contributed by atoms with Crippen molar-refractivity contribution in [3.63, 3.8) is 0 Å².